The van der Waals surface area contributed by atoms with Crippen molar-refractivity contribution in [2.75, 3.05) is 13.7 Å². The molecule has 2 heterocycles. The fourth-order valence-electron chi connectivity index (χ4n) is 3.93. The Morgan fingerprint density at radius 1 is 1.16 bits per heavy atom. The lowest BCUT2D eigenvalue weighted by atomic mass is 9.91. The van der Waals surface area contributed by atoms with E-state index in [9.17, 15) is 24.3 Å². The van der Waals surface area contributed by atoms with Gasteiger partial charge in [-0.1, -0.05) is 44.2 Å². The van der Waals surface area contributed by atoms with Gasteiger partial charge >= 0.3 is 17.9 Å². The second-order valence-corrected chi connectivity index (χ2v) is 9.20. The maximum Gasteiger partial charge on any atom is 0.332 e. The van der Waals surface area contributed by atoms with Gasteiger partial charge in [0.2, 0.25) is 0 Å². The van der Waals surface area contributed by atoms with Gasteiger partial charge in [-0.15, -0.1) is 0 Å². The van der Waals surface area contributed by atoms with Crippen molar-refractivity contribution >= 4 is 23.8 Å². The SMILES string of the molecule is COc1ccnc(C(=O)N[C@H]2COC(=O)[C@H](CCc3ccccc3)[C@@H](OC(=O)C(C)C)[C@H](C)OC2=O)c1O. The summed E-state index contributed by atoms with van der Waals surface area (Å²) in [6.07, 6.45) is -0.137. The molecular weight excluding hydrogens is 496 g/mol. The van der Waals surface area contributed by atoms with E-state index >= 15 is 0 Å². The first-order valence-electron chi connectivity index (χ1n) is 12.3. The summed E-state index contributed by atoms with van der Waals surface area (Å²) in [5, 5.41) is 12.6. The number of pyridine rings is 1. The molecule has 11 heteroatoms. The summed E-state index contributed by atoms with van der Waals surface area (Å²) in [5.74, 6) is -4.99. The molecule has 0 spiro atoms. The number of methoxy groups -OCH3 is 1. The van der Waals surface area contributed by atoms with Crippen LogP contribution >= 0.6 is 0 Å². The van der Waals surface area contributed by atoms with Gasteiger partial charge < -0.3 is 29.4 Å². The summed E-state index contributed by atoms with van der Waals surface area (Å²) in [4.78, 5) is 55.3. The fourth-order valence-corrected chi connectivity index (χ4v) is 3.93. The summed E-state index contributed by atoms with van der Waals surface area (Å²) in [6.45, 7) is 4.28. The number of amides is 1. The largest absolute Gasteiger partial charge is 0.503 e. The van der Waals surface area contributed by atoms with Crippen molar-refractivity contribution in [2.45, 2.75) is 51.9 Å². The molecule has 1 aliphatic rings. The molecular formula is C27H32N2O9. The average Bonchev–Trinajstić information content (AvgIpc) is 2.93. The van der Waals surface area contributed by atoms with Crippen molar-refractivity contribution in [3.05, 3.63) is 53.9 Å². The minimum Gasteiger partial charge on any atom is -0.503 e. The molecule has 1 saturated heterocycles. The maximum atomic E-state index is 13.2. The number of aromatic hydroxyl groups is 1. The van der Waals surface area contributed by atoms with Gasteiger partial charge in [-0.05, 0) is 25.3 Å². The van der Waals surface area contributed by atoms with Crippen molar-refractivity contribution < 1.29 is 43.2 Å². The monoisotopic (exact) mass is 528 g/mol. The van der Waals surface area contributed by atoms with Crippen LogP contribution in [0, 0.1) is 11.8 Å². The first-order valence-corrected chi connectivity index (χ1v) is 12.3. The first-order chi connectivity index (χ1) is 18.1. The number of aryl methyl sites for hydroxylation is 1. The van der Waals surface area contributed by atoms with Gasteiger partial charge in [0.25, 0.3) is 5.91 Å². The lowest BCUT2D eigenvalue weighted by Crippen LogP contribution is -2.46. The van der Waals surface area contributed by atoms with Crippen LogP contribution in [-0.4, -0.2) is 65.9 Å². The third-order valence-corrected chi connectivity index (χ3v) is 6.08. The molecule has 11 nitrogen and oxygen atoms in total. The molecule has 1 aromatic carbocycles. The molecule has 1 amide bonds. The van der Waals surface area contributed by atoms with Gasteiger partial charge in [-0.2, -0.15) is 0 Å². The number of aromatic nitrogens is 1. The van der Waals surface area contributed by atoms with Crippen LogP contribution in [-0.2, 0) is 35.0 Å². The molecule has 204 valence electrons. The summed E-state index contributed by atoms with van der Waals surface area (Å²) in [7, 11) is 1.31. The van der Waals surface area contributed by atoms with E-state index in [1.165, 1.54) is 26.3 Å². The van der Waals surface area contributed by atoms with Crippen LogP contribution in [0.1, 0.15) is 43.2 Å². The smallest absolute Gasteiger partial charge is 0.332 e. The van der Waals surface area contributed by atoms with E-state index in [0.717, 1.165) is 5.56 Å². The predicted molar refractivity (Wildman–Crippen MR) is 133 cm³/mol. The van der Waals surface area contributed by atoms with Crippen LogP contribution in [0.2, 0.25) is 0 Å². The Hall–Kier alpha value is -4.15. The van der Waals surface area contributed by atoms with Crippen molar-refractivity contribution in [3.63, 3.8) is 0 Å². The zero-order valence-corrected chi connectivity index (χ0v) is 21.7. The van der Waals surface area contributed by atoms with Crippen LogP contribution in [0.15, 0.2) is 42.6 Å². The summed E-state index contributed by atoms with van der Waals surface area (Å²) >= 11 is 0. The van der Waals surface area contributed by atoms with Gasteiger partial charge in [0.15, 0.2) is 29.3 Å². The molecule has 0 bridgehead atoms. The third kappa shape index (κ3) is 6.99. The number of cyclic esters (lactones) is 2. The number of carbonyl (C=O) groups excluding carboxylic acids is 4. The lowest BCUT2D eigenvalue weighted by molar-refractivity contribution is -0.176. The fraction of sp³-hybridized carbons (Fsp3) is 0.444. The number of hydrogen-bond acceptors (Lipinski definition) is 10. The normalized spacial score (nSPS) is 21.8. The number of esters is 3. The second kappa shape index (κ2) is 12.9. The average molecular weight is 529 g/mol. The molecule has 0 aliphatic carbocycles. The van der Waals surface area contributed by atoms with Crippen molar-refractivity contribution in [1.82, 2.24) is 10.3 Å². The number of rotatable bonds is 8. The van der Waals surface area contributed by atoms with Crippen LogP contribution in [0.25, 0.3) is 0 Å². The molecule has 4 atom stereocenters. The highest BCUT2D eigenvalue weighted by Crippen LogP contribution is 2.28. The van der Waals surface area contributed by atoms with E-state index in [-0.39, 0.29) is 17.9 Å². The molecule has 2 N–H and O–H groups in total. The standard InChI is InChI=1S/C27H32N2O9/c1-15(2)25(32)38-23-16(3)37-27(34)19(29-24(31)21-22(30)20(35-4)12-13-28-21)14-36-26(33)18(23)11-10-17-8-6-5-7-9-17/h5-9,12-13,15-16,18-19,23,30H,10-11,14H2,1-4H3,(H,29,31)/t16-,18+,19-,23-/m0/s1. The molecule has 0 radical (unpaired) electrons. The molecule has 1 fully saturated rings. The Morgan fingerprint density at radius 3 is 2.53 bits per heavy atom. The zero-order chi connectivity index (χ0) is 27.8. The lowest BCUT2D eigenvalue weighted by Gasteiger charge is -2.29. The van der Waals surface area contributed by atoms with Gasteiger partial charge in [-0.3, -0.25) is 14.4 Å². The Morgan fingerprint density at radius 2 is 1.87 bits per heavy atom. The Bertz CT molecular complexity index is 1150. The summed E-state index contributed by atoms with van der Waals surface area (Å²) in [5.41, 5.74) is 0.579. The third-order valence-electron chi connectivity index (χ3n) is 6.08. The van der Waals surface area contributed by atoms with E-state index in [1.54, 1.807) is 13.8 Å². The highest BCUT2D eigenvalue weighted by molar-refractivity contribution is 5.98. The number of hydrogen-bond donors (Lipinski definition) is 2. The topological polar surface area (TPSA) is 150 Å². The molecule has 0 unspecified atom stereocenters. The first kappa shape index (κ1) is 28.4. The second-order valence-electron chi connectivity index (χ2n) is 9.20. The van der Waals surface area contributed by atoms with E-state index in [1.807, 2.05) is 30.3 Å². The van der Waals surface area contributed by atoms with Gasteiger partial charge in [0.05, 0.1) is 18.9 Å². The number of carbonyl (C=O) groups is 4. The number of nitrogens with one attached hydrogen (secondary N) is 1. The van der Waals surface area contributed by atoms with Crippen LogP contribution < -0.4 is 10.1 Å². The minimum atomic E-state index is -1.41. The highest BCUT2D eigenvalue weighted by atomic mass is 16.6. The molecule has 1 aromatic heterocycles. The minimum absolute atomic E-state index is 0.0123. The molecule has 0 saturated carbocycles. The summed E-state index contributed by atoms with van der Waals surface area (Å²) in [6, 6.07) is 9.40. The number of ether oxygens (including phenoxy) is 4. The van der Waals surface area contributed by atoms with E-state index in [4.69, 9.17) is 18.9 Å². The van der Waals surface area contributed by atoms with Crippen molar-refractivity contribution in [3.8, 4) is 11.5 Å². The number of nitrogens with zero attached hydrogens (tertiary/aromatic N) is 1. The number of benzene rings is 1. The van der Waals surface area contributed by atoms with Crippen molar-refractivity contribution in [1.29, 1.82) is 0 Å². The molecule has 3 rings (SSSR count). The Kier molecular flexibility index (Phi) is 9.64. The predicted octanol–water partition coefficient (Wildman–Crippen LogP) is 2.20. The Balaban J connectivity index is 1.84. The zero-order valence-electron chi connectivity index (χ0n) is 21.7. The molecule has 38 heavy (non-hydrogen) atoms. The maximum absolute atomic E-state index is 13.2. The van der Waals surface area contributed by atoms with Gasteiger partial charge in [0.1, 0.15) is 12.7 Å². The van der Waals surface area contributed by atoms with Crippen molar-refractivity contribution in [2.24, 2.45) is 11.8 Å². The van der Waals surface area contributed by atoms with Crippen LogP contribution in [0.4, 0.5) is 0 Å². The van der Waals surface area contributed by atoms with Gasteiger partial charge in [-0.25, -0.2) is 9.78 Å². The Labute approximate surface area is 220 Å². The van der Waals surface area contributed by atoms with E-state index in [2.05, 4.69) is 10.3 Å². The highest BCUT2D eigenvalue weighted by Gasteiger charge is 2.42. The molecule has 2 aromatic rings. The molecule has 1 aliphatic heterocycles. The van der Waals surface area contributed by atoms with Gasteiger partial charge in [0, 0.05) is 12.3 Å². The van der Waals surface area contributed by atoms with E-state index in [0.29, 0.717) is 6.42 Å². The van der Waals surface area contributed by atoms with Crippen LogP contribution in [0.5, 0.6) is 11.5 Å². The summed E-state index contributed by atoms with van der Waals surface area (Å²) < 4.78 is 21.6. The van der Waals surface area contributed by atoms with E-state index < -0.39 is 66.3 Å². The van der Waals surface area contributed by atoms with Crippen LogP contribution in [0.3, 0.4) is 0 Å². The quantitative estimate of drug-likeness (QED) is 0.385.